The van der Waals surface area contributed by atoms with Crippen LogP contribution in [0.2, 0.25) is 0 Å². The lowest BCUT2D eigenvalue weighted by Gasteiger charge is -2.13. The highest BCUT2D eigenvalue weighted by Crippen LogP contribution is 2.32. The zero-order valence-corrected chi connectivity index (χ0v) is 10.2. The maximum absolute atomic E-state index is 8.71. The Labute approximate surface area is 103 Å². The quantitative estimate of drug-likeness (QED) is 0.359. The lowest BCUT2D eigenvalue weighted by Crippen LogP contribution is -2.18. The molecule has 1 aliphatic heterocycles. The van der Waals surface area contributed by atoms with Crippen molar-refractivity contribution in [3.8, 4) is 0 Å². The van der Waals surface area contributed by atoms with Gasteiger partial charge in [0.25, 0.3) is 0 Å². The lowest BCUT2D eigenvalue weighted by molar-refractivity contribution is 0.127. The minimum atomic E-state index is 0.0500. The van der Waals surface area contributed by atoms with Crippen molar-refractivity contribution in [2.75, 3.05) is 6.61 Å². The Morgan fingerprint density at radius 3 is 3.18 bits per heavy atom. The summed E-state index contributed by atoms with van der Waals surface area (Å²) >= 11 is 1.56. The van der Waals surface area contributed by atoms with Crippen molar-refractivity contribution in [3.05, 3.63) is 17.8 Å². The van der Waals surface area contributed by atoms with Crippen LogP contribution in [0.4, 0.5) is 0 Å². The third-order valence-corrected chi connectivity index (χ3v) is 4.09. The van der Waals surface area contributed by atoms with E-state index in [4.69, 9.17) is 15.7 Å². The van der Waals surface area contributed by atoms with Gasteiger partial charge in [0.1, 0.15) is 5.03 Å². The number of aromatic nitrogens is 2. The van der Waals surface area contributed by atoms with Crippen molar-refractivity contribution in [2.24, 2.45) is 10.9 Å². The molecule has 3 N–H and O–H groups in total. The average molecular weight is 254 g/mol. The van der Waals surface area contributed by atoms with Crippen LogP contribution >= 0.6 is 11.8 Å². The van der Waals surface area contributed by atoms with Gasteiger partial charge >= 0.3 is 0 Å². The summed E-state index contributed by atoms with van der Waals surface area (Å²) in [5.74, 6) is 0.0500. The predicted octanol–water partition coefficient (Wildman–Crippen LogP) is 0.841. The molecule has 6 nitrogen and oxygen atoms in total. The van der Waals surface area contributed by atoms with E-state index in [0.717, 1.165) is 13.0 Å². The SMILES string of the molecule is CC1OCCC1Sc1nnccc1/C(N)=N/O. The van der Waals surface area contributed by atoms with Crippen LogP contribution in [0.25, 0.3) is 0 Å². The van der Waals surface area contributed by atoms with Crippen LogP contribution in [0.5, 0.6) is 0 Å². The number of rotatable bonds is 3. The summed E-state index contributed by atoms with van der Waals surface area (Å²) in [4.78, 5) is 0. The molecule has 0 saturated carbocycles. The Hall–Kier alpha value is -1.34. The van der Waals surface area contributed by atoms with Crippen molar-refractivity contribution < 1.29 is 9.94 Å². The molecule has 0 spiro atoms. The van der Waals surface area contributed by atoms with Gasteiger partial charge in [0, 0.05) is 11.9 Å². The highest BCUT2D eigenvalue weighted by molar-refractivity contribution is 8.00. The number of nitrogens with two attached hydrogens (primary N) is 1. The highest BCUT2D eigenvalue weighted by atomic mass is 32.2. The molecule has 2 unspecified atom stereocenters. The molecule has 92 valence electrons. The molecule has 1 aliphatic rings. The van der Waals surface area contributed by atoms with Gasteiger partial charge in [0.05, 0.1) is 17.9 Å². The normalized spacial score (nSPS) is 25.1. The van der Waals surface area contributed by atoms with E-state index in [1.807, 2.05) is 6.92 Å². The summed E-state index contributed by atoms with van der Waals surface area (Å²) in [6.07, 6.45) is 2.67. The lowest BCUT2D eigenvalue weighted by atomic mass is 10.2. The second-order valence-corrected chi connectivity index (χ2v) is 4.98. The van der Waals surface area contributed by atoms with Crippen LogP contribution in [0, 0.1) is 0 Å². The molecule has 1 saturated heterocycles. The van der Waals surface area contributed by atoms with E-state index in [1.165, 1.54) is 6.20 Å². The van der Waals surface area contributed by atoms with Gasteiger partial charge in [-0.3, -0.25) is 0 Å². The smallest absolute Gasteiger partial charge is 0.172 e. The summed E-state index contributed by atoms with van der Waals surface area (Å²) in [6.45, 7) is 2.79. The van der Waals surface area contributed by atoms with E-state index in [9.17, 15) is 0 Å². The molecular weight excluding hydrogens is 240 g/mol. The van der Waals surface area contributed by atoms with Gasteiger partial charge in [-0.1, -0.05) is 16.9 Å². The van der Waals surface area contributed by atoms with Crippen LogP contribution in [-0.4, -0.2) is 39.2 Å². The summed E-state index contributed by atoms with van der Waals surface area (Å²) < 4.78 is 5.48. The molecule has 0 aromatic carbocycles. The van der Waals surface area contributed by atoms with E-state index in [-0.39, 0.29) is 11.9 Å². The second-order valence-electron chi connectivity index (χ2n) is 3.76. The first-order valence-electron chi connectivity index (χ1n) is 5.30. The largest absolute Gasteiger partial charge is 0.409 e. The molecule has 2 heterocycles. The van der Waals surface area contributed by atoms with Gasteiger partial charge in [-0.2, -0.15) is 5.10 Å². The third kappa shape index (κ3) is 2.67. The molecule has 7 heteroatoms. The van der Waals surface area contributed by atoms with Crippen molar-refractivity contribution in [1.29, 1.82) is 0 Å². The first kappa shape index (κ1) is 12.1. The summed E-state index contributed by atoms with van der Waals surface area (Å²) in [5, 5.41) is 20.6. The fraction of sp³-hybridized carbons (Fsp3) is 0.500. The minimum absolute atomic E-state index is 0.0500. The Bertz CT molecular complexity index is 427. The second kappa shape index (κ2) is 5.33. The van der Waals surface area contributed by atoms with Crippen LogP contribution in [-0.2, 0) is 4.74 Å². The van der Waals surface area contributed by atoms with Crippen LogP contribution in [0.15, 0.2) is 22.4 Å². The predicted molar refractivity (Wildman–Crippen MR) is 64.2 cm³/mol. The maximum atomic E-state index is 8.71. The molecule has 0 amide bonds. The number of thioether (sulfide) groups is 1. The summed E-state index contributed by atoms with van der Waals surface area (Å²) in [7, 11) is 0. The van der Waals surface area contributed by atoms with Gasteiger partial charge in [-0.15, -0.1) is 5.10 Å². The molecule has 1 aromatic heterocycles. The van der Waals surface area contributed by atoms with E-state index in [0.29, 0.717) is 15.8 Å². The topological polar surface area (TPSA) is 93.6 Å². The molecule has 0 radical (unpaired) electrons. The van der Waals surface area contributed by atoms with Gasteiger partial charge in [-0.25, -0.2) is 0 Å². The van der Waals surface area contributed by atoms with Crippen LogP contribution in [0.3, 0.4) is 0 Å². The van der Waals surface area contributed by atoms with E-state index >= 15 is 0 Å². The number of ether oxygens (including phenoxy) is 1. The Balaban J connectivity index is 2.20. The molecule has 17 heavy (non-hydrogen) atoms. The van der Waals surface area contributed by atoms with Crippen molar-refractivity contribution in [3.63, 3.8) is 0 Å². The van der Waals surface area contributed by atoms with Crippen molar-refractivity contribution >= 4 is 17.6 Å². The zero-order valence-electron chi connectivity index (χ0n) is 9.41. The molecule has 1 aromatic rings. The van der Waals surface area contributed by atoms with Crippen molar-refractivity contribution in [1.82, 2.24) is 10.2 Å². The minimum Gasteiger partial charge on any atom is -0.409 e. The zero-order chi connectivity index (χ0) is 12.3. The summed E-state index contributed by atoms with van der Waals surface area (Å²) in [5.41, 5.74) is 6.19. The number of amidine groups is 1. The highest BCUT2D eigenvalue weighted by Gasteiger charge is 2.27. The Kier molecular flexibility index (Phi) is 3.80. The van der Waals surface area contributed by atoms with Crippen LogP contribution < -0.4 is 5.73 Å². The van der Waals surface area contributed by atoms with Gasteiger partial charge in [0.2, 0.25) is 0 Å². The Morgan fingerprint density at radius 2 is 2.53 bits per heavy atom. The third-order valence-electron chi connectivity index (χ3n) is 2.64. The first-order chi connectivity index (χ1) is 8.22. The summed E-state index contributed by atoms with van der Waals surface area (Å²) in [6, 6.07) is 1.69. The van der Waals surface area contributed by atoms with Gasteiger partial charge < -0.3 is 15.7 Å². The van der Waals surface area contributed by atoms with E-state index in [2.05, 4.69) is 15.4 Å². The molecular formula is C10H14N4O2S. The monoisotopic (exact) mass is 254 g/mol. The van der Waals surface area contributed by atoms with E-state index < -0.39 is 0 Å². The molecule has 1 fully saturated rings. The fourth-order valence-corrected chi connectivity index (χ4v) is 2.83. The average Bonchev–Trinajstić information content (AvgIpc) is 2.75. The van der Waals surface area contributed by atoms with Gasteiger partial charge in [0.15, 0.2) is 5.84 Å². The molecule has 0 aliphatic carbocycles. The number of nitrogens with zero attached hydrogens (tertiary/aromatic N) is 3. The van der Waals surface area contributed by atoms with Gasteiger partial charge in [-0.05, 0) is 19.4 Å². The molecule has 0 bridgehead atoms. The molecule has 2 atom stereocenters. The number of hydrogen-bond donors (Lipinski definition) is 2. The first-order valence-corrected chi connectivity index (χ1v) is 6.18. The number of hydrogen-bond acceptors (Lipinski definition) is 6. The number of oxime groups is 1. The van der Waals surface area contributed by atoms with Crippen molar-refractivity contribution in [2.45, 2.75) is 29.7 Å². The molecule has 2 rings (SSSR count). The van der Waals surface area contributed by atoms with Crippen LogP contribution in [0.1, 0.15) is 18.9 Å². The standard InChI is InChI=1S/C10H14N4O2S/c1-6-8(3-5-16-6)17-10-7(9(11)14-15)2-4-12-13-10/h2,4,6,8,15H,3,5H2,1H3,(H2,11,14). The fourth-order valence-electron chi connectivity index (χ4n) is 1.66. The van der Waals surface area contributed by atoms with E-state index in [1.54, 1.807) is 17.8 Å². The Morgan fingerprint density at radius 1 is 1.71 bits per heavy atom. The maximum Gasteiger partial charge on any atom is 0.172 e.